The molecule has 2 amide bonds. The molecule has 0 fully saturated rings. The Hall–Kier alpha value is -2.37. The van der Waals surface area contributed by atoms with Gasteiger partial charge in [0.05, 0.1) is 7.11 Å². The van der Waals surface area contributed by atoms with E-state index in [1.54, 1.807) is 24.3 Å². The van der Waals surface area contributed by atoms with Gasteiger partial charge >= 0.3 is 5.97 Å². The van der Waals surface area contributed by atoms with Crippen LogP contribution in [0.1, 0.15) is 24.9 Å². The maximum atomic E-state index is 11.8. The van der Waals surface area contributed by atoms with Crippen molar-refractivity contribution in [2.75, 3.05) is 13.7 Å². The standard InChI is InChI=1S/C14H18N2O4/c1-10(17)15-9-8-12(18)16-13(14(19)20-2)11-6-4-3-5-7-11/h3-7,13H,8-9H2,1-2H3,(H,15,17)(H,16,18). The molecule has 0 bridgehead atoms. The predicted molar refractivity (Wildman–Crippen MR) is 72.6 cm³/mol. The number of methoxy groups -OCH3 is 1. The molecule has 0 aliphatic rings. The number of hydrogen-bond acceptors (Lipinski definition) is 4. The van der Waals surface area contributed by atoms with Crippen molar-refractivity contribution < 1.29 is 19.1 Å². The summed E-state index contributed by atoms with van der Waals surface area (Å²) in [5.41, 5.74) is 0.646. The molecule has 1 rings (SSSR count). The van der Waals surface area contributed by atoms with Gasteiger partial charge in [0.15, 0.2) is 6.04 Å². The Morgan fingerprint density at radius 3 is 2.40 bits per heavy atom. The van der Waals surface area contributed by atoms with Gasteiger partial charge in [-0.2, -0.15) is 0 Å². The Morgan fingerprint density at radius 1 is 1.20 bits per heavy atom. The highest BCUT2D eigenvalue weighted by Crippen LogP contribution is 2.14. The Balaban J connectivity index is 2.64. The number of hydrogen-bond donors (Lipinski definition) is 2. The second-order valence-electron chi connectivity index (χ2n) is 4.17. The van der Waals surface area contributed by atoms with E-state index in [4.69, 9.17) is 0 Å². The van der Waals surface area contributed by atoms with E-state index < -0.39 is 12.0 Å². The second kappa shape index (κ2) is 7.93. The number of amides is 2. The van der Waals surface area contributed by atoms with Crippen molar-refractivity contribution in [3.05, 3.63) is 35.9 Å². The largest absolute Gasteiger partial charge is 0.467 e. The normalized spacial score (nSPS) is 11.3. The molecular formula is C14H18N2O4. The number of benzene rings is 1. The van der Waals surface area contributed by atoms with E-state index in [9.17, 15) is 14.4 Å². The summed E-state index contributed by atoms with van der Waals surface area (Å²) >= 11 is 0. The number of carbonyl (C=O) groups excluding carboxylic acids is 3. The van der Waals surface area contributed by atoms with Crippen LogP contribution in [0.3, 0.4) is 0 Å². The van der Waals surface area contributed by atoms with Gasteiger partial charge in [0.25, 0.3) is 0 Å². The Morgan fingerprint density at radius 2 is 1.85 bits per heavy atom. The third-order valence-corrected chi connectivity index (χ3v) is 2.60. The zero-order chi connectivity index (χ0) is 15.0. The molecule has 20 heavy (non-hydrogen) atoms. The minimum Gasteiger partial charge on any atom is -0.467 e. The Bertz CT molecular complexity index is 473. The van der Waals surface area contributed by atoms with Crippen molar-refractivity contribution in [3.63, 3.8) is 0 Å². The lowest BCUT2D eigenvalue weighted by Gasteiger charge is -2.16. The van der Waals surface area contributed by atoms with E-state index in [-0.39, 0.29) is 24.8 Å². The smallest absolute Gasteiger partial charge is 0.333 e. The maximum Gasteiger partial charge on any atom is 0.333 e. The average Bonchev–Trinajstić information content (AvgIpc) is 2.44. The summed E-state index contributed by atoms with van der Waals surface area (Å²) in [6, 6.07) is 7.98. The van der Waals surface area contributed by atoms with Crippen molar-refractivity contribution >= 4 is 17.8 Å². The van der Waals surface area contributed by atoms with Crippen LogP contribution in [-0.2, 0) is 19.1 Å². The molecule has 0 aromatic heterocycles. The first-order chi connectivity index (χ1) is 9.54. The van der Waals surface area contributed by atoms with Crippen LogP contribution in [0.5, 0.6) is 0 Å². The summed E-state index contributed by atoms with van der Waals surface area (Å²) in [5.74, 6) is -1.08. The molecule has 1 aromatic rings. The fraction of sp³-hybridized carbons (Fsp3) is 0.357. The van der Waals surface area contributed by atoms with Crippen LogP contribution in [0.2, 0.25) is 0 Å². The van der Waals surface area contributed by atoms with Gasteiger partial charge in [-0.25, -0.2) is 4.79 Å². The van der Waals surface area contributed by atoms with Gasteiger partial charge in [0, 0.05) is 19.9 Å². The summed E-state index contributed by atoms with van der Waals surface area (Å²) in [6.07, 6.45) is 0.0971. The van der Waals surface area contributed by atoms with E-state index >= 15 is 0 Å². The van der Waals surface area contributed by atoms with Crippen LogP contribution in [0.25, 0.3) is 0 Å². The van der Waals surface area contributed by atoms with Crippen LogP contribution in [-0.4, -0.2) is 31.4 Å². The van der Waals surface area contributed by atoms with E-state index in [0.29, 0.717) is 5.56 Å². The summed E-state index contributed by atoms with van der Waals surface area (Å²) in [7, 11) is 1.27. The topological polar surface area (TPSA) is 84.5 Å². The van der Waals surface area contributed by atoms with Crippen molar-refractivity contribution in [2.45, 2.75) is 19.4 Å². The Kier molecular flexibility index (Phi) is 6.22. The predicted octanol–water partition coefficient (Wildman–Crippen LogP) is 0.543. The molecule has 1 aromatic carbocycles. The van der Waals surface area contributed by atoms with Gasteiger partial charge in [-0.05, 0) is 5.56 Å². The molecule has 0 saturated carbocycles. The van der Waals surface area contributed by atoms with E-state index in [1.807, 2.05) is 6.07 Å². The first-order valence-corrected chi connectivity index (χ1v) is 6.21. The van der Waals surface area contributed by atoms with Crippen LogP contribution >= 0.6 is 0 Å². The summed E-state index contributed by atoms with van der Waals surface area (Å²) < 4.78 is 4.69. The van der Waals surface area contributed by atoms with Gasteiger partial charge in [0.2, 0.25) is 11.8 Å². The lowest BCUT2D eigenvalue weighted by molar-refractivity contribution is -0.145. The minimum absolute atomic E-state index is 0.0971. The molecule has 1 atom stereocenters. The van der Waals surface area contributed by atoms with Gasteiger partial charge in [-0.1, -0.05) is 30.3 Å². The second-order valence-corrected chi connectivity index (χ2v) is 4.17. The van der Waals surface area contributed by atoms with E-state index in [0.717, 1.165) is 0 Å². The monoisotopic (exact) mass is 278 g/mol. The van der Waals surface area contributed by atoms with Crippen molar-refractivity contribution in [3.8, 4) is 0 Å². The third kappa shape index (κ3) is 5.09. The molecule has 1 unspecified atom stereocenters. The lowest BCUT2D eigenvalue weighted by atomic mass is 10.1. The first-order valence-electron chi connectivity index (χ1n) is 6.21. The molecule has 0 aliphatic carbocycles. The quantitative estimate of drug-likeness (QED) is 0.744. The molecule has 2 N–H and O–H groups in total. The third-order valence-electron chi connectivity index (χ3n) is 2.60. The molecule has 6 nitrogen and oxygen atoms in total. The van der Waals surface area contributed by atoms with Crippen molar-refractivity contribution in [2.24, 2.45) is 0 Å². The van der Waals surface area contributed by atoms with Crippen molar-refractivity contribution in [1.82, 2.24) is 10.6 Å². The summed E-state index contributed by atoms with van der Waals surface area (Å²) in [6.45, 7) is 1.60. The van der Waals surface area contributed by atoms with Crippen LogP contribution in [0, 0.1) is 0 Å². The first kappa shape index (κ1) is 15.7. The summed E-state index contributed by atoms with van der Waals surface area (Å²) in [4.78, 5) is 34.2. The average molecular weight is 278 g/mol. The zero-order valence-corrected chi connectivity index (χ0v) is 11.5. The SMILES string of the molecule is COC(=O)C(NC(=O)CCNC(C)=O)c1ccccc1. The van der Waals surface area contributed by atoms with Gasteiger partial charge in [-0.3, -0.25) is 9.59 Å². The molecule has 0 spiro atoms. The van der Waals surface area contributed by atoms with Gasteiger partial charge in [-0.15, -0.1) is 0 Å². The van der Waals surface area contributed by atoms with Gasteiger partial charge < -0.3 is 15.4 Å². The van der Waals surface area contributed by atoms with Crippen molar-refractivity contribution in [1.29, 1.82) is 0 Å². The highest BCUT2D eigenvalue weighted by atomic mass is 16.5. The number of rotatable bonds is 6. The Labute approximate surface area is 117 Å². The molecule has 0 radical (unpaired) electrons. The fourth-order valence-electron chi connectivity index (χ4n) is 1.63. The molecule has 108 valence electrons. The molecule has 0 aliphatic heterocycles. The highest BCUT2D eigenvalue weighted by Gasteiger charge is 2.22. The molecule has 0 heterocycles. The minimum atomic E-state index is -0.842. The molecule has 0 saturated heterocycles. The fourth-order valence-corrected chi connectivity index (χ4v) is 1.63. The highest BCUT2D eigenvalue weighted by molar-refractivity contribution is 5.85. The molecular weight excluding hydrogens is 260 g/mol. The van der Waals surface area contributed by atoms with E-state index in [2.05, 4.69) is 15.4 Å². The number of ether oxygens (including phenoxy) is 1. The van der Waals surface area contributed by atoms with E-state index in [1.165, 1.54) is 14.0 Å². The zero-order valence-electron chi connectivity index (χ0n) is 11.5. The number of esters is 1. The van der Waals surface area contributed by atoms with Crippen LogP contribution in [0.15, 0.2) is 30.3 Å². The van der Waals surface area contributed by atoms with Gasteiger partial charge in [0.1, 0.15) is 0 Å². The van der Waals surface area contributed by atoms with Crippen LogP contribution < -0.4 is 10.6 Å². The lowest BCUT2D eigenvalue weighted by Crippen LogP contribution is -2.36. The summed E-state index contributed by atoms with van der Waals surface area (Å²) in [5, 5.41) is 5.11. The maximum absolute atomic E-state index is 11.8. The molecule has 6 heteroatoms. The number of nitrogens with one attached hydrogen (secondary N) is 2. The number of carbonyl (C=O) groups is 3. The van der Waals surface area contributed by atoms with Crippen LogP contribution in [0.4, 0.5) is 0 Å².